The predicted molar refractivity (Wildman–Crippen MR) is 65.6 cm³/mol. The van der Waals surface area contributed by atoms with Crippen LogP contribution in [0, 0.1) is 11.8 Å². The summed E-state index contributed by atoms with van der Waals surface area (Å²) in [5, 5.41) is 3.06. The number of fused-ring (bicyclic) bond motifs is 1. The highest BCUT2D eigenvalue weighted by Crippen LogP contribution is 2.25. The molecule has 1 N–H and O–H groups in total. The van der Waals surface area contributed by atoms with Crippen molar-refractivity contribution in [1.82, 2.24) is 10.2 Å². The second kappa shape index (κ2) is 5.17. The van der Waals surface area contributed by atoms with Crippen LogP contribution >= 0.6 is 0 Å². The highest BCUT2D eigenvalue weighted by atomic mass is 16.1. The number of Topliss-reactive ketones (excluding diaryl/α,β-unsaturated/α-hetero) is 1. The summed E-state index contributed by atoms with van der Waals surface area (Å²) in [4.78, 5) is 25.3. The van der Waals surface area contributed by atoms with E-state index in [0.29, 0.717) is 30.7 Å². The third-order valence-corrected chi connectivity index (χ3v) is 3.93. The lowest BCUT2D eigenvalue weighted by Crippen LogP contribution is -2.54. The molecule has 0 saturated carbocycles. The fourth-order valence-electron chi connectivity index (χ4n) is 2.73. The lowest BCUT2D eigenvalue weighted by atomic mass is 9.85. The molecular formula is C13H22N2O2. The highest BCUT2D eigenvalue weighted by Gasteiger charge is 2.34. The zero-order valence-electron chi connectivity index (χ0n) is 10.7. The lowest BCUT2D eigenvalue weighted by molar-refractivity contribution is -0.127. The number of nitrogens with one attached hydrogen (secondary N) is 1. The number of rotatable bonds is 3. The van der Waals surface area contributed by atoms with Gasteiger partial charge >= 0.3 is 0 Å². The number of hydrogen-bond acceptors (Lipinski definition) is 3. The fraction of sp³-hybridized carbons (Fsp3) is 0.846. The van der Waals surface area contributed by atoms with Crippen molar-refractivity contribution in [2.45, 2.75) is 39.2 Å². The maximum Gasteiger partial charge on any atom is 0.220 e. The number of carbonyl (C=O) groups excluding carboxylic acids is 2. The van der Waals surface area contributed by atoms with Gasteiger partial charge in [0.15, 0.2) is 0 Å². The quantitative estimate of drug-likeness (QED) is 0.791. The minimum atomic E-state index is 0.124. The first-order valence-electron chi connectivity index (χ1n) is 6.60. The summed E-state index contributed by atoms with van der Waals surface area (Å²) in [5.41, 5.74) is 0. The first-order chi connectivity index (χ1) is 8.06. The van der Waals surface area contributed by atoms with E-state index in [9.17, 15) is 9.59 Å². The van der Waals surface area contributed by atoms with E-state index in [1.165, 1.54) is 0 Å². The number of ketones is 1. The molecule has 2 unspecified atom stereocenters. The van der Waals surface area contributed by atoms with E-state index >= 15 is 0 Å². The molecular weight excluding hydrogens is 216 g/mol. The third kappa shape index (κ3) is 3.06. The van der Waals surface area contributed by atoms with Crippen molar-refractivity contribution in [3.8, 4) is 0 Å². The van der Waals surface area contributed by atoms with Crippen LogP contribution in [0.25, 0.3) is 0 Å². The van der Waals surface area contributed by atoms with Gasteiger partial charge in [0.1, 0.15) is 5.78 Å². The van der Waals surface area contributed by atoms with Crippen molar-refractivity contribution in [3.63, 3.8) is 0 Å². The molecule has 0 bridgehead atoms. The average Bonchev–Trinajstić information content (AvgIpc) is 2.29. The lowest BCUT2D eigenvalue weighted by Gasteiger charge is -2.41. The number of piperidine rings is 2. The fourth-order valence-corrected chi connectivity index (χ4v) is 2.73. The topological polar surface area (TPSA) is 49.4 Å². The van der Waals surface area contributed by atoms with Gasteiger partial charge in [-0.15, -0.1) is 0 Å². The average molecular weight is 238 g/mol. The second-order valence-corrected chi connectivity index (χ2v) is 5.62. The molecule has 0 aromatic heterocycles. The Morgan fingerprint density at radius 2 is 2.24 bits per heavy atom. The van der Waals surface area contributed by atoms with Gasteiger partial charge in [-0.3, -0.25) is 14.5 Å². The molecule has 2 heterocycles. The maximum absolute atomic E-state index is 11.7. The maximum atomic E-state index is 11.7. The van der Waals surface area contributed by atoms with Gasteiger partial charge in [-0.05, 0) is 18.8 Å². The minimum Gasteiger partial charge on any atom is -0.353 e. The van der Waals surface area contributed by atoms with Crippen molar-refractivity contribution >= 4 is 11.7 Å². The molecule has 0 aliphatic carbocycles. The molecule has 4 nitrogen and oxygen atoms in total. The summed E-state index contributed by atoms with van der Waals surface area (Å²) in [6, 6.07) is 0.349. The Balaban J connectivity index is 1.86. The summed E-state index contributed by atoms with van der Waals surface area (Å²) in [6.07, 6.45) is 2.61. The summed E-state index contributed by atoms with van der Waals surface area (Å²) >= 11 is 0. The van der Waals surface area contributed by atoms with Crippen LogP contribution < -0.4 is 5.32 Å². The molecule has 0 aromatic rings. The Labute approximate surface area is 103 Å². The first-order valence-corrected chi connectivity index (χ1v) is 6.60. The molecule has 0 aromatic carbocycles. The van der Waals surface area contributed by atoms with Gasteiger partial charge in [-0.25, -0.2) is 0 Å². The van der Waals surface area contributed by atoms with Crippen LogP contribution in [0.5, 0.6) is 0 Å². The van der Waals surface area contributed by atoms with Crippen molar-refractivity contribution < 1.29 is 9.59 Å². The third-order valence-electron chi connectivity index (χ3n) is 3.93. The van der Waals surface area contributed by atoms with Crippen LogP contribution in [0.3, 0.4) is 0 Å². The molecule has 1 amide bonds. The molecule has 2 rings (SSSR count). The number of carbonyl (C=O) groups is 2. The molecule has 2 fully saturated rings. The predicted octanol–water partition coefficient (Wildman–Crippen LogP) is 0.812. The molecule has 0 radical (unpaired) electrons. The minimum absolute atomic E-state index is 0.124. The van der Waals surface area contributed by atoms with Gasteiger partial charge in [0.2, 0.25) is 5.91 Å². The Hall–Kier alpha value is -0.900. The van der Waals surface area contributed by atoms with Gasteiger partial charge in [0.05, 0.1) is 6.54 Å². The Kier molecular flexibility index (Phi) is 3.82. The summed E-state index contributed by atoms with van der Waals surface area (Å²) < 4.78 is 0. The SMILES string of the molecule is CC(C)C(=O)CN1CCC2NC(=O)CCC2C1. The normalized spacial score (nSPS) is 29.9. The van der Waals surface area contributed by atoms with Gasteiger partial charge < -0.3 is 5.32 Å². The molecule has 96 valence electrons. The zero-order chi connectivity index (χ0) is 12.4. The molecule has 0 spiro atoms. The van der Waals surface area contributed by atoms with E-state index in [4.69, 9.17) is 0 Å². The van der Waals surface area contributed by atoms with Crippen molar-refractivity contribution in [2.24, 2.45) is 11.8 Å². The van der Waals surface area contributed by atoms with E-state index in [1.807, 2.05) is 13.8 Å². The number of likely N-dealkylation sites (tertiary alicyclic amines) is 1. The van der Waals surface area contributed by atoms with Crippen molar-refractivity contribution in [1.29, 1.82) is 0 Å². The van der Waals surface area contributed by atoms with Crippen LogP contribution in [0.15, 0.2) is 0 Å². The van der Waals surface area contributed by atoms with Gasteiger partial charge in [-0.1, -0.05) is 13.8 Å². The smallest absolute Gasteiger partial charge is 0.220 e. The van der Waals surface area contributed by atoms with E-state index in [1.54, 1.807) is 0 Å². The monoisotopic (exact) mass is 238 g/mol. The Bertz CT molecular complexity index is 315. The van der Waals surface area contributed by atoms with Gasteiger partial charge in [0, 0.05) is 31.5 Å². The van der Waals surface area contributed by atoms with Crippen LogP contribution in [0.2, 0.25) is 0 Å². The summed E-state index contributed by atoms with van der Waals surface area (Å²) in [5.74, 6) is 1.18. The van der Waals surface area contributed by atoms with Crippen molar-refractivity contribution in [3.05, 3.63) is 0 Å². The van der Waals surface area contributed by atoms with Crippen molar-refractivity contribution in [2.75, 3.05) is 19.6 Å². The Morgan fingerprint density at radius 3 is 2.94 bits per heavy atom. The van der Waals surface area contributed by atoms with Gasteiger partial charge in [-0.2, -0.15) is 0 Å². The van der Waals surface area contributed by atoms with E-state index < -0.39 is 0 Å². The highest BCUT2D eigenvalue weighted by molar-refractivity contribution is 5.82. The zero-order valence-corrected chi connectivity index (χ0v) is 10.7. The van der Waals surface area contributed by atoms with Crippen LogP contribution in [0.1, 0.15) is 33.1 Å². The summed E-state index contributed by atoms with van der Waals surface area (Å²) in [6.45, 7) is 6.38. The van der Waals surface area contributed by atoms with Crippen LogP contribution in [0.4, 0.5) is 0 Å². The van der Waals surface area contributed by atoms with E-state index in [0.717, 1.165) is 25.9 Å². The summed E-state index contributed by atoms with van der Waals surface area (Å²) in [7, 11) is 0. The first kappa shape index (κ1) is 12.6. The standard InChI is InChI=1S/C13H22N2O2/c1-9(2)12(16)8-15-6-5-11-10(7-15)3-4-13(17)14-11/h9-11H,3-8H2,1-2H3,(H,14,17). The van der Waals surface area contributed by atoms with E-state index in [-0.39, 0.29) is 11.8 Å². The largest absolute Gasteiger partial charge is 0.353 e. The number of amides is 1. The molecule has 2 atom stereocenters. The molecule has 2 aliphatic heterocycles. The molecule has 2 aliphatic rings. The van der Waals surface area contributed by atoms with E-state index in [2.05, 4.69) is 10.2 Å². The van der Waals surface area contributed by atoms with Crippen LogP contribution in [-0.2, 0) is 9.59 Å². The molecule has 4 heteroatoms. The second-order valence-electron chi connectivity index (χ2n) is 5.62. The van der Waals surface area contributed by atoms with Crippen LogP contribution in [-0.4, -0.2) is 42.3 Å². The molecule has 2 saturated heterocycles. The molecule has 17 heavy (non-hydrogen) atoms. The number of nitrogens with zero attached hydrogens (tertiary/aromatic N) is 1. The van der Waals surface area contributed by atoms with Gasteiger partial charge in [0.25, 0.3) is 0 Å². The number of hydrogen-bond donors (Lipinski definition) is 1. The Morgan fingerprint density at radius 1 is 1.47 bits per heavy atom.